The van der Waals surface area contributed by atoms with Gasteiger partial charge in [-0.1, -0.05) is 29.4 Å². The Kier molecular flexibility index (Phi) is 6.06. The van der Waals surface area contributed by atoms with Crippen LogP contribution in [0.15, 0.2) is 40.5 Å². The maximum Gasteiger partial charge on any atom is 0.333 e. The molecule has 12 nitrogen and oxygen atoms in total. The Bertz CT molecular complexity index is 1220. The third kappa shape index (κ3) is 4.61. The molecule has 3 aromatic rings. The summed E-state index contributed by atoms with van der Waals surface area (Å²) >= 11 is 7.29. The van der Waals surface area contributed by atoms with Crippen molar-refractivity contribution in [3.8, 4) is 0 Å². The van der Waals surface area contributed by atoms with Crippen molar-refractivity contribution in [2.45, 2.75) is 34.5 Å². The molecular weight excluding hydrogens is 472 g/mol. The molecule has 0 amide bonds. The molecule has 1 aliphatic rings. The van der Waals surface area contributed by atoms with Gasteiger partial charge in [0.1, 0.15) is 35.5 Å². The van der Waals surface area contributed by atoms with Crippen LogP contribution in [0.25, 0.3) is 11.0 Å². The number of anilines is 1. The summed E-state index contributed by atoms with van der Waals surface area (Å²) in [5.41, 5.74) is 6.29. The molecule has 4 rings (SSSR count). The van der Waals surface area contributed by atoms with Crippen molar-refractivity contribution in [1.82, 2.24) is 19.7 Å². The van der Waals surface area contributed by atoms with Crippen LogP contribution in [0.3, 0.4) is 0 Å². The minimum absolute atomic E-state index is 0.155. The number of nitrogens with zero attached hydrogens (tertiary/aromatic N) is 4. The standard InChI is InChI=1S/C16H17ClN6O6S2/c17-7-2-1-3-8(4-7)30-15-10-13(18)20-6-21-14(10)23(22-15)16-12(25)11(24)9(29-16)5-28-31(19,26)27/h1-4,6,9,11-12,16,24-25H,5H2,(H2,18,20,21)(H2,19,26,27)/t9-,11-,12-,16-/m1/s1. The van der Waals surface area contributed by atoms with Crippen LogP contribution in [0.2, 0.25) is 5.02 Å². The monoisotopic (exact) mass is 488 g/mol. The lowest BCUT2D eigenvalue weighted by molar-refractivity contribution is -0.0531. The van der Waals surface area contributed by atoms with Gasteiger partial charge < -0.3 is 20.7 Å². The lowest BCUT2D eigenvalue weighted by atomic mass is 10.1. The Morgan fingerprint density at radius 1 is 1.29 bits per heavy atom. The summed E-state index contributed by atoms with van der Waals surface area (Å²) in [4.78, 5) is 8.95. The molecule has 0 aliphatic carbocycles. The van der Waals surface area contributed by atoms with Crippen molar-refractivity contribution in [2.24, 2.45) is 5.14 Å². The lowest BCUT2D eigenvalue weighted by Crippen LogP contribution is -2.35. The first kappa shape index (κ1) is 22.2. The summed E-state index contributed by atoms with van der Waals surface area (Å²) in [6.07, 6.45) is -4.08. The van der Waals surface area contributed by atoms with Crippen LogP contribution in [-0.2, 0) is 19.2 Å². The Morgan fingerprint density at radius 2 is 2.06 bits per heavy atom. The number of halogens is 1. The van der Waals surface area contributed by atoms with Crippen LogP contribution in [0, 0.1) is 0 Å². The number of nitrogen functional groups attached to an aromatic ring is 1. The van der Waals surface area contributed by atoms with Crippen LogP contribution < -0.4 is 10.9 Å². The highest BCUT2D eigenvalue weighted by Gasteiger charge is 2.45. The van der Waals surface area contributed by atoms with Crippen molar-refractivity contribution in [1.29, 1.82) is 0 Å². The average Bonchev–Trinajstić information content (AvgIpc) is 3.19. The highest BCUT2D eigenvalue weighted by molar-refractivity contribution is 7.99. The fourth-order valence-corrected chi connectivity index (χ4v) is 4.65. The summed E-state index contributed by atoms with van der Waals surface area (Å²) in [5.74, 6) is 0.155. The predicted molar refractivity (Wildman–Crippen MR) is 110 cm³/mol. The zero-order valence-electron chi connectivity index (χ0n) is 15.6. The van der Waals surface area contributed by atoms with Gasteiger partial charge in [-0.2, -0.15) is 13.5 Å². The number of fused-ring (bicyclic) bond motifs is 1. The number of hydrogen-bond acceptors (Lipinski definition) is 11. The molecule has 3 heterocycles. The molecule has 1 aliphatic heterocycles. The van der Waals surface area contributed by atoms with Gasteiger partial charge in [-0.15, -0.1) is 0 Å². The summed E-state index contributed by atoms with van der Waals surface area (Å²) in [7, 11) is -4.26. The predicted octanol–water partition coefficient (Wildman–Crippen LogP) is 0.0524. The van der Waals surface area contributed by atoms with E-state index in [0.29, 0.717) is 15.4 Å². The molecule has 166 valence electrons. The number of aliphatic hydroxyl groups excluding tert-OH is 2. The highest BCUT2D eigenvalue weighted by Crippen LogP contribution is 2.38. The molecule has 0 bridgehead atoms. The molecule has 1 saturated heterocycles. The number of benzene rings is 1. The van der Waals surface area contributed by atoms with E-state index >= 15 is 0 Å². The van der Waals surface area contributed by atoms with Crippen molar-refractivity contribution >= 4 is 50.5 Å². The fourth-order valence-electron chi connectivity index (χ4n) is 3.09. The van der Waals surface area contributed by atoms with Crippen molar-refractivity contribution in [3.05, 3.63) is 35.6 Å². The van der Waals surface area contributed by atoms with Gasteiger partial charge in [-0.3, -0.25) is 4.18 Å². The van der Waals surface area contributed by atoms with E-state index in [9.17, 15) is 18.6 Å². The number of hydrogen-bond donors (Lipinski definition) is 4. The van der Waals surface area contributed by atoms with Gasteiger partial charge in [0.25, 0.3) is 0 Å². The molecule has 15 heteroatoms. The first-order valence-corrected chi connectivity index (χ1v) is 11.4. The largest absolute Gasteiger partial charge is 0.387 e. The molecule has 1 fully saturated rings. The number of ether oxygens (including phenoxy) is 1. The molecule has 31 heavy (non-hydrogen) atoms. The maximum absolute atomic E-state index is 11.0. The second kappa shape index (κ2) is 8.48. The number of aromatic nitrogens is 4. The third-order valence-corrected chi connectivity index (χ3v) is 6.14. The second-order valence-electron chi connectivity index (χ2n) is 6.59. The first-order chi connectivity index (χ1) is 14.6. The van der Waals surface area contributed by atoms with Gasteiger partial charge >= 0.3 is 10.3 Å². The van der Waals surface area contributed by atoms with E-state index in [4.69, 9.17) is 27.2 Å². The molecule has 4 atom stereocenters. The molecule has 6 N–H and O–H groups in total. The number of aliphatic hydroxyl groups is 2. The molecule has 0 unspecified atom stereocenters. The Labute approximate surface area is 185 Å². The van der Waals surface area contributed by atoms with Crippen molar-refractivity contribution in [2.75, 3.05) is 12.3 Å². The van der Waals surface area contributed by atoms with Gasteiger partial charge in [-0.25, -0.2) is 19.8 Å². The van der Waals surface area contributed by atoms with Gasteiger partial charge in [0.2, 0.25) is 0 Å². The SMILES string of the molecule is Nc1ncnc2c1c(Sc1cccc(Cl)c1)nn2[C@@H]1O[C@H](COS(N)(=O)=O)[C@@H](O)[C@H]1O. The zero-order chi connectivity index (χ0) is 22.3. The van der Waals surface area contributed by atoms with Gasteiger partial charge in [0.05, 0.1) is 12.0 Å². The van der Waals surface area contributed by atoms with Gasteiger partial charge in [-0.05, 0) is 18.2 Å². The molecule has 0 radical (unpaired) electrons. The van der Waals surface area contributed by atoms with Crippen LogP contribution in [0.5, 0.6) is 0 Å². The van der Waals surface area contributed by atoms with Crippen LogP contribution in [0.1, 0.15) is 6.23 Å². The van der Waals surface area contributed by atoms with Crippen molar-refractivity contribution < 1.29 is 27.6 Å². The van der Waals surface area contributed by atoms with E-state index in [1.807, 2.05) is 6.07 Å². The minimum Gasteiger partial charge on any atom is -0.387 e. The van der Waals surface area contributed by atoms with Gasteiger partial charge in [0, 0.05) is 9.92 Å². The number of nitrogens with two attached hydrogens (primary N) is 2. The van der Waals surface area contributed by atoms with Crippen LogP contribution in [-0.4, -0.2) is 63.3 Å². The van der Waals surface area contributed by atoms with E-state index < -0.39 is 41.5 Å². The normalized spacial score (nSPS) is 24.1. The maximum atomic E-state index is 11.0. The molecule has 2 aromatic heterocycles. The van der Waals surface area contributed by atoms with E-state index in [1.54, 1.807) is 18.2 Å². The summed E-state index contributed by atoms with van der Waals surface area (Å²) < 4.78 is 33.4. The highest BCUT2D eigenvalue weighted by atomic mass is 35.5. The minimum atomic E-state index is -4.26. The van der Waals surface area contributed by atoms with Crippen molar-refractivity contribution in [3.63, 3.8) is 0 Å². The Hall–Kier alpha value is -2.04. The summed E-state index contributed by atoms with van der Waals surface area (Å²) in [6.45, 7) is -0.589. The second-order valence-corrected chi connectivity index (χ2v) is 9.31. The fraction of sp³-hybridized carbons (Fsp3) is 0.312. The quantitative estimate of drug-likeness (QED) is 0.366. The van der Waals surface area contributed by atoms with Crippen LogP contribution >= 0.6 is 23.4 Å². The van der Waals surface area contributed by atoms with E-state index in [2.05, 4.69) is 19.2 Å². The zero-order valence-corrected chi connectivity index (χ0v) is 18.0. The molecular formula is C16H17ClN6O6S2. The molecule has 0 saturated carbocycles. The Balaban J connectivity index is 1.70. The van der Waals surface area contributed by atoms with Crippen LogP contribution in [0.4, 0.5) is 5.82 Å². The topological polar surface area (TPSA) is 189 Å². The number of rotatable bonds is 6. The van der Waals surface area contributed by atoms with E-state index in [-0.39, 0.29) is 11.5 Å². The van der Waals surface area contributed by atoms with E-state index in [1.165, 1.54) is 22.8 Å². The lowest BCUT2D eigenvalue weighted by Gasteiger charge is -2.15. The first-order valence-electron chi connectivity index (χ1n) is 8.75. The third-order valence-electron chi connectivity index (χ3n) is 4.47. The Morgan fingerprint density at radius 3 is 2.77 bits per heavy atom. The average molecular weight is 489 g/mol. The van der Waals surface area contributed by atoms with E-state index in [0.717, 1.165) is 4.90 Å². The van der Waals surface area contributed by atoms with Gasteiger partial charge in [0.15, 0.2) is 11.9 Å². The summed E-state index contributed by atoms with van der Waals surface area (Å²) in [5, 5.41) is 31.4. The summed E-state index contributed by atoms with van der Waals surface area (Å²) in [6, 6.07) is 7.07. The molecule has 1 aromatic carbocycles. The molecule has 0 spiro atoms. The smallest absolute Gasteiger partial charge is 0.333 e.